The summed E-state index contributed by atoms with van der Waals surface area (Å²) in [5.41, 5.74) is 2.98. The first-order valence-electron chi connectivity index (χ1n) is 8.66. The second-order valence-electron chi connectivity index (χ2n) is 6.13. The lowest BCUT2D eigenvalue weighted by Crippen LogP contribution is -2.18. The maximum atomic E-state index is 12.0. The van der Waals surface area contributed by atoms with Crippen molar-refractivity contribution in [1.82, 2.24) is 25.1 Å². The minimum Gasteiger partial charge on any atom is -0.495 e. The Hall–Kier alpha value is -3.13. The third kappa shape index (κ3) is 4.58. The van der Waals surface area contributed by atoms with Gasteiger partial charge in [0.25, 0.3) is 5.91 Å². The fraction of sp³-hybridized carbons (Fsp3) is 0.263. The van der Waals surface area contributed by atoms with Gasteiger partial charge in [-0.1, -0.05) is 11.6 Å². The number of aromatic nitrogens is 4. The van der Waals surface area contributed by atoms with Gasteiger partial charge in [-0.05, 0) is 36.6 Å². The standard InChI is InChI=1S/C19H21ClN6O2/c1-21-18(27)13-8-12(17(20)16(9-13)28-3)4-5-14-6-7-22-19(24-14)25-15-10-23-26(2)11-15/h6-11H,4-5H2,1-3H3,(H,21,27)(H,22,24,25). The molecule has 0 saturated heterocycles. The normalized spacial score (nSPS) is 10.6. The molecule has 0 aliphatic carbocycles. The number of ether oxygens (including phenoxy) is 1. The van der Waals surface area contributed by atoms with E-state index in [1.54, 1.807) is 36.3 Å². The molecule has 0 spiro atoms. The molecule has 2 N–H and O–H groups in total. The second-order valence-corrected chi connectivity index (χ2v) is 6.51. The van der Waals surface area contributed by atoms with E-state index in [1.165, 1.54) is 7.11 Å². The molecule has 0 fully saturated rings. The van der Waals surface area contributed by atoms with Gasteiger partial charge in [0, 0.05) is 37.7 Å². The number of nitrogens with one attached hydrogen (secondary N) is 2. The molecule has 8 nitrogen and oxygen atoms in total. The molecule has 0 atom stereocenters. The first-order chi connectivity index (χ1) is 13.5. The second kappa shape index (κ2) is 8.71. The van der Waals surface area contributed by atoms with Crippen LogP contribution in [0.2, 0.25) is 5.02 Å². The zero-order chi connectivity index (χ0) is 20.1. The highest BCUT2D eigenvalue weighted by atomic mass is 35.5. The highest BCUT2D eigenvalue weighted by molar-refractivity contribution is 6.33. The largest absolute Gasteiger partial charge is 0.495 e. The van der Waals surface area contributed by atoms with Crippen LogP contribution >= 0.6 is 11.6 Å². The summed E-state index contributed by atoms with van der Waals surface area (Å²) in [6, 6.07) is 5.26. The predicted octanol–water partition coefficient (Wildman–Crippen LogP) is 2.76. The third-order valence-electron chi connectivity index (χ3n) is 4.15. The van der Waals surface area contributed by atoms with Gasteiger partial charge in [-0.15, -0.1) is 0 Å². The van der Waals surface area contributed by atoms with E-state index in [-0.39, 0.29) is 5.91 Å². The van der Waals surface area contributed by atoms with E-state index in [2.05, 4.69) is 25.7 Å². The lowest BCUT2D eigenvalue weighted by Gasteiger charge is -2.12. The monoisotopic (exact) mass is 400 g/mol. The zero-order valence-electron chi connectivity index (χ0n) is 15.9. The van der Waals surface area contributed by atoms with Crippen molar-refractivity contribution in [2.24, 2.45) is 7.05 Å². The Bertz CT molecular complexity index is 988. The number of anilines is 2. The van der Waals surface area contributed by atoms with Gasteiger partial charge >= 0.3 is 0 Å². The van der Waals surface area contributed by atoms with E-state index in [0.29, 0.717) is 35.1 Å². The molecule has 1 amide bonds. The van der Waals surface area contributed by atoms with Crippen LogP contribution in [0.25, 0.3) is 0 Å². The van der Waals surface area contributed by atoms with Crippen molar-refractivity contribution in [3.63, 3.8) is 0 Å². The number of hydrogen-bond acceptors (Lipinski definition) is 6. The van der Waals surface area contributed by atoms with E-state index >= 15 is 0 Å². The number of amides is 1. The third-order valence-corrected chi connectivity index (χ3v) is 4.58. The van der Waals surface area contributed by atoms with Crippen molar-refractivity contribution in [1.29, 1.82) is 0 Å². The van der Waals surface area contributed by atoms with Crippen LogP contribution in [0, 0.1) is 0 Å². The van der Waals surface area contributed by atoms with Crippen LogP contribution in [0.15, 0.2) is 36.8 Å². The summed E-state index contributed by atoms with van der Waals surface area (Å²) in [7, 11) is 4.95. The Morgan fingerprint density at radius 3 is 2.82 bits per heavy atom. The number of methoxy groups -OCH3 is 1. The van der Waals surface area contributed by atoms with Crippen molar-refractivity contribution in [2.75, 3.05) is 19.5 Å². The van der Waals surface area contributed by atoms with Crippen LogP contribution in [0.5, 0.6) is 5.75 Å². The zero-order valence-corrected chi connectivity index (χ0v) is 16.6. The van der Waals surface area contributed by atoms with Gasteiger partial charge in [-0.2, -0.15) is 5.10 Å². The molecule has 3 rings (SSSR count). The Labute approximate surface area is 167 Å². The number of hydrogen-bond donors (Lipinski definition) is 2. The summed E-state index contributed by atoms with van der Waals surface area (Å²) in [5.74, 6) is 0.772. The molecule has 0 unspecified atom stereocenters. The summed E-state index contributed by atoms with van der Waals surface area (Å²) in [6.07, 6.45) is 6.47. The fourth-order valence-electron chi connectivity index (χ4n) is 2.73. The van der Waals surface area contributed by atoms with Crippen molar-refractivity contribution >= 4 is 29.1 Å². The van der Waals surface area contributed by atoms with Gasteiger partial charge in [-0.3, -0.25) is 9.48 Å². The van der Waals surface area contributed by atoms with Gasteiger partial charge in [0.2, 0.25) is 5.95 Å². The van der Waals surface area contributed by atoms with Gasteiger partial charge in [0.05, 0.1) is 24.0 Å². The molecule has 28 heavy (non-hydrogen) atoms. The van der Waals surface area contributed by atoms with Gasteiger partial charge in [0.15, 0.2) is 0 Å². The molecule has 0 saturated carbocycles. The molecule has 0 aliphatic heterocycles. The molecule has 0 aliphatic rings. The summed E-state index contributed by atoms with van der Waals surface area (Å²) in [4.78, 5) is 20.8. The van der Waals surface area contributed by atoms with Gasteiger partial charge in [-0.25, -0.2) is 9.97 Å². The molecule has 3 aromatic rings. The molecule has 146 valence electrons. The van der Waals surface area contributed by atoms with E-state index < -0.39 is 0 Å². The Kier molecular flexibility index (Phi) is 6.10. The predicted molar refractivity (Wildman–Crippen MR) is 107 cm³/mol. The number of carbonyl (C=O) groups excluding carboxylic acids is 1. The van der Waals surface area contributed by atoms with Gasteiger partial charge < -0.3 is 15.4 Å². The number of carbonyl (C=O) groups is 1. The summed E-state index contributed by atoms with van der Waals surface area (Å²) in [5, 5.41) is 10.3. The summed E-state index contributed by atoms with van der Waals surface area (Å²) in [6.45, 7) is 0. The molecular weight excluding hydrogens is 380 g/mol. The van der Waals surface area contributed by atoms with E-state index in [0.717, 1.165) is 16.9 Å². The number of aryl methyl sites for hydroxylation is 3. The number of rotatable bonds is 7. The molecule has 9 heteroatoms. The molecule has 0 radical (unpaired) electrons. The smallest absolute Gasteiger partial charge is 0.251 e. The fourth-order valence-corrected chi connectivity index (χ4v) is 3.02. The highest BCUT2D eigenvalue weighted by Gasteiger charge is 2.14. The average Bonchev–Trinajstić information content (AvgIpc) is 3.11. The SMILES string of the molecule is CNC(=O)c1cc(CCc2ccnc(Nc3cnn(C)c3)n2)c(Cl)c(OC)c1. The van der Waals surface area contributed by atoms with Crippen molar-refractivity contribution in [3.8, 4) is 5.75 Å². The lowest BCUT2D eigenvalue weighted by molar-refractivity contribution is 0.0962. The summed E-state index contributed by atoms with van der Waals surface area (Å²) >= 11 is 6.42. The number of halogens is 1. The average molecular weight is 401 g/mol. The van der Waals surface area contributed by atoms with Crippen LogP contribution < -0.4 is 15.4 Å². The topological polar surface area (TPSA) is 94.0 Å². The minimum atomic E-state index is -0.193. The maximum absolute atomic E-state index is 12.0. The van der Waals surface area contributed by atoms with Crippen molar-refractivity contribution in [2.45, 2.75) is 12.8 Å². The molecule has 0 bridgehead atoms. The van der Waals surface area contributed by atoms with Crippen LogP contribution in [0.1, 0.15) is 21.6 Å². The quantitative estimate of drug-likeness (QED) is 0.633. The Morgan fingerprint density at radius 1 is 1.32 bits per heavy atom. The maximum Gasteiger partial charge on any atom is 0.251 e. The van der Waals surface area contributed by atoms with Crippen LogP contribution in [-0.2, 0) is 19.9 Å². The molecule has 2 heterocycles. The van der Waals surface area contributed by atoms with E-state index in [1.807, 2.05) is 19.3 Å². The van der Waals surface area contributed by atoms with Gasteiger partial charge in [0.1, 0.15) is 5.75 Å². The summed E-state index contributed by atoms with van der Waals surface area (Å²) < 4.78 is 7.00. The first kappa shape index (κ1) is 19.6. The first-order valence-corrected chi connectivity index (χ1v) is 9.04. The number of nitrogens with zero attached hydrogens (tertiary/aromatic N) is 4. The van der Waals surface area contributed by atoms with E-state index in [9.17, 15) is 4.79 Å². The Morgan fingerprint density at radius 2 is 2.14 bits per heavy atom. The van der Waals surface area contributed by atoms with Crippen molar-refractivity contribution < 1.29 is 9.53 Å². The Balaban J connectivity index is 1.76. The van der Waals surface area contributed by atoms with Crippen LogP contribution in [0.4, 0.5) is 11.6 Å². The lowest BCUT2D eigenvalue weighted by atomic mass is 10.0. The minimum absolute atomic E-state index is 0.193. The van der Waals surface area contributed by atoms with Crippen molar-refractivity contribution in [3.05, 3.63) is 58.6 Å². The van der Waals surface area contributed by atoms with Crippen LogP contribution in [0.3, 0.4) is 0 Å². The molecule has 2 aromatic heterocycles. The molecule has 1 aromatic carbocycles. The number of benzene rings is 1. The molecular formula is C19H21ClN6O2. The highest BCUT2D eigenvalue weighted by Crippen LogP contribution is 2.31. The van der Waals surface area contributed by atoms with E-state index in [4.69, 9.17) is 16.3 Å². The van der Waals surface area contributed by atoms with Crippen LogP contribution in [-0.4, -0.2) is 39.8 Å².